The number of sulfonamides is 1. The molecule has 3 rings (SSSR count). The molecule has 1 aliphatic heterocycles. The molecule has 1 heterocycles. The second-order valence-corrected chi connectivity index (χ2v) is 8.43. The number of ether oxygens (including phenoxy) is 1. The van der Waals surface area contributed by atoms with Gasteiger partial charge in [0.15, 0.2) is 0 Å². The van der Waals surface area contributed by atoms with Gasteiger partial charge in [0.05, 0.1) is 11.0 Å². The van der Waals surface area contributed by atoms with Crippen LogP contribution in [0.25, 0.3) is 0 Å². The number of hydrogen-bond donors (Lipinski definition) is 2. The van der Waals surface area contributed by atoms with E-state index in [1.54, 1.807) is 12.1 Å². The SMILES string of the molecule is O=C(O)C1CC(O)CCN1S(=O)(=O)c1ccc(OCc2ccc(F)cc2)cc1. The van der Waals surface area contributed by atoms with E-state index in [1.165, 1.54) is 36.4 Å². The number of aliphatic carboxylic acids is 1. The Hall–Kier alpha value is -2.49. The van der Waals surface area contributed by atoms with Crippen molar-refractivity contribution < 1.29 is 32.6 Å². The lowest BCUT2D eigenvalue weighted by Crippen LogP contribution is -2.51. The van der Waals surface area contributed by atoms with Crippen molar-refractivity contribution in [3.05, 3.63) is 59.9 Å². The molecule has 9 heteroatoms. The third kappa shape index (κ3) is 4.49. The molecule has 0 aromatic heterocycles. The first kappa shape index (κ1) is 20.2. The molecular formula is C19H20FNO6S. The highest BCUT2D eigenvalue weighted by Crippen LogP contribution is 2.27. The molecule has 0 aliphatic carbocycles. The Bertz CT molecular complexity index is 930. The van der Waals surface area contributed by atoms with Gasteiger partial charge in [0, 0.05) is 13.0 Å². The third-order valence-corrected chi connectivity index (χ3v) is 6.48. The molecule has 1 saturated heterocycles. The average Bonchev–Trinajstić information content (AvgIpc) is 2.67. The lowest BCUT2D eigenvalue weighted by molar-refractivity contribution is -0.143. The quantitative estimate of drug-likeness (QED) is 0.756. The summed E-state index contributed by atoms with van der Waals surface area (Å²) >= 11 is 0. The van der Waals surface area contributed by atoms with E-state index in [4.69, 9.17) is 4.74 Å². The topological polar surface area (TPSA) is 104 Å². The zero-order valence-corrected chi connectivity index (χ0v) is 15.7. The van der Waals surface area contributed by atoms with E-state index in [0.717, 1.165) is 9.87 Å². The number of carbonyl (C=O) groups is 1. The Morgan fingerprint density at radius 3 is 2.39 bits per heavy atom. The lowest BCUT2D eigenvalue weighted by Gasteiger charge is -2.34. The zero-order chi connectivity index (χ0) is 20.3. The van der Waals surface area contributed by atoms with E-state index in [1.807, 2.05) is 0 Å². The molecule has 1 aliphatic rings. The van der Waals surface area contributed by atoms with Gasteiger partial charge in [-0.2, -0.15) is 4.31 Å². The van der Waals surface area contributed by atoms with E-state index < -0.39 is 28.1 Å². The van der Waals surface area contributed by atoms with Gasteiger partial charge in [0.1, 0.15) is 24.2 Å². The van der Waals surface area contributed by atoms with Crippen LogP contribution in [0.15, 0.2) is 53.4 Å². The molecule has 0 saturated carbocycles. The normalized spacial score (nSPS) is 20.6. The molecule has 2 unspecified atom stereocenters. The van der Waals surface area contributed by atoms with Crippen LogP contribution in [0, 0.1) is 5.82 Å². The highest BCUT2D eigenvalue weighted by atomic mass is 32.2. The summed E-state index contributed by atoms with van der Waals surface area (Å²) in [5.41, 5.74) is 0.759. The smallest absolute Gasteiger partial charge is 0.322 e. The first-order valence-electron chi connectivity index (χ1n) is 8.67. The molecule has 2 atom stereocenters. The number of nitrogens with zero attached hydrogens (tertiary/aromatic N) is 1. The molecule has 2 aromatic rings. The molecule has 150 valence electrons. The first-order chi connectivity index (χ1) is 13.3. The molecule has 28 heavy (non-hydrogen) atoms. The van der Waals surface area contributed by atoms with Crippen LogP contribution >= 0.6 is 0 Å². The maximum Gasteiger partial charge on any atom is 0.322 e. The summed E-state index contributed by atoms with van der Waals surface area (Å²) in [4.78, 5) is 11.4. The van der Waals surface area contributed by atoms with Gasteiger partial charge in [-0.25, -0.2) is 12.8 Å². The Labute approximate surface area is 162 Å². The molecule has 0 spiro atoms. The summed E-state index contributed by atoms with van der Waals surface area (Å²) in [7, 11) is -4.02. The zero-order valence-electron chi connectivity index (χ0n) is 14.9. The van der Waals surface area contributed by atoms with Crippen LogP contribution in [-0.2, 0) is 21.4 Å². The van der Waals surface area contributed by atoms with Crippen molar-refractivity contribution in [3.63, 3.8) is 0 Å². The fraction of sp³-hybridized carbons (Fsp3) is 0.316. The predicted molar refractivity (Wildman–Crippen MR) is 97.7 cm³/mol. The van der Waals surface area contributed by atoms with Gasteiger partial charge in [0.25, 0.3) is 0 Å². The van der Waals surface area contributed by atoms with Crippen molar-refractivity contribution in [2.75, 3.05) is 6.54 Å². The lowest BCUT2D eigenvalue weighted by atomic mass is 10.0. The summed E-state index contributed by atoms with van der Waals surface area (Å²) in [6.45, 7) is 0.126. The van der Waals surface area contributed by atoms with Crippen LogP contribution in [0.2, 0.25) is 0 Å². The number of carboxylic acids is 1. The average molecular weight is 409 g/mol. The molecule has 2 N–H and O–H groups in total. The highest BCUT2D eigenvalue weighted by molar-refractivity contribution is 7.89. The van der Waals surface area contributed by atoms with Crippen molar-refractivity contribution in [2.24, 2.45) is 0 Å². The van der Waals surface area contributed by atoms with Crippen LogP contribution in [0.5, 0.6) is 5.75 Å². The van der Waals surface area contributed by atoms with Crippen molar-refractivity contribution in [1.82, 2.24) is 4.31 Å². The van der Waals surface area contributed by atoms with Crippen molar-refractivity contribution in [1.29, 1.82) is 0 Å². The molecule has 1 fully saturated rings. The van der Waals surface area contributed by atoms with Crippen molar-refractivity contribution >= 4 is 16.0 Å². The number of hydrogen-bond acceptors (Lipinski definition) is 5. The van der Waals surface area contributed by atoms with Gasteiger partial charge in [-0.05, 0) is 48.4 Å². The van der Waals surface area contributed by atoms with Gasteiger partial charge in [-0.3, -0.25) is 4.79 Å². The van der Waals surface area contributed by atoms with Gasteiger partial charge < -0.3 is 14.9 Å². The van der Waals surface area contributed by atoms with E-state index in [2.05, 4.69) is 0 Å². The standard InChI is InChI=1S/C19H20FNO6S/c20-14-3-1-13(2-4-14)12-27-16-5-7-17(8-6-16)28(25,26)21-10-9-15(22)11-18(21)19(23)24/h1-8,15,18,22H,9-12H2,(H,23,24). The monoisotopic (exact) mass is 409 g/mol. The molecule has 7 nitrogen and oxygen atoms in total. The first-order valence-corrected chi connectivity index (χ1v) is 10.1. The summed E-state index contributed by atoms with van der Waals surface area (Å²) in [5.74, 6) is -1.21. The number of carboxylic acid groups (broad SMARTS) is 1. The molecule has 0 radical (unpaired) electrons. The number of aliphatic hydroxyl groups excluding tert-OH is 1. The minimum Gasteiger partial charge on any atom is -0.489 e. The number of piperidine rings is 1. The number of benzene rings is 2. The van der Waals surface area contributed by atoms with E-state index in [0.29, 0.717) is 5.75 Å². The number of halogens is 1. The second-order valence-electron chi connectivity index (χ2n) is 6.53. The predicted octanol–water partition coefficient (Wildman–Crippen LogP) is 2.00. The van der Waals surface area contributed by atoms with E-state index in [-0.39, 0.29) is 36.7 Å². The summed E-state index contributed by atoms with van der Waals surface area (Å²) < 4.78 is 45.1. The van der Waals surface area contributed by atoms with Crippen LogP contribution in [0.4, 0.5) is 4.39 Å². The third-order valence-electron chi connectivity index (χ3n) is 4.56. The van der Waals surface area contributed by atoms with Crippen LogP contribution in [0.3, 0.4) is 0 Å². The number of rotatable bonds is 6. The Morgan fingerprint density at radius 1 is 1.14 bits per heavy atom. The van der Waals surface area contributed by atoms with Gasteiger partial charge in [-0.15, -0.1) is 0 Å². The summed E-state index contributed by atoms with van der Waals surface area (Å²) in [5, 5.41) is 19.0. The van der Waals surface area contributed by atoms with Gasteiger partial charge in [-0.1, -0.05) is 12.1 Å². The van der Waals surface area contributed by atoms with Gasteiger partial charge >= 0.3 is 5.97 Å². The van der Waals surface area contributed by atoms with E-state index >= 15 is 0 Å². The minimum atomic E-state index is -4.02. The summed E-state index contributed by atoms with van der Waals surface area (Å²) in [6, 6.07) is 10.2. The van der Waals surface area contributed by atoms with Crippen molar-refractivity contribution in [3.8, 4) is 5.75 Å². The van der Waals surface area contributed by atoms with Crippen LogP contribution in [-0.4, -0.2) is 47.6 Å². The second kappa shape index (κ2) is 8.26. The molecule has 0 amide bonds. The fourth-order valence-electron chi connectivity index (χ4n) is 3.03. The van der Waals surface area contributed by atoms with E-state index in [9.17, 15) is 27.8 Å². The Balaban J connectivity index is 1.72. The van der Waals surface area contributed by atoms with Crippen molar-refractivity contribution in [2.45, 2.75) is 36.5 Å². The van der Waals surface area contributed by atoms with Crippen LogP contribution < -0.4 is 4.74 Å². The largest absolute Gasteiger partial charge is 0.489 e. The van der Waals surface area contributed by atoms with Gasteiger partial charge in [0.2, 0.25) is 10.0 Å². The highest BCUT2D eigenvalue weighted by Gasteiger charge is 2.40. The maximum atomic E-state index is 12.9. The molecule has 0 bridgehead atoms. The Kier molecular flexibility index (Phi) is 5.97. The fourth-order valence-corrected chi connectivity index (χ4v) is 4.64. The molecular weight excluding hydrogens is 389 g/mol. The van der Waals surface area contributed by atoms with Crippen LogP contribution in [0.1, 0.15) is 18.4 Å². The number of aliphatic hydroxyl groups is 1. The molecule has 2 aromatic carbocycles. The maximum absolute atomic E-state index is 12.9. The Morgan fingerprint density at radius 2 is 1.79 bits per heavy atom. The minimum absolute atomic E-state index is 0.0516. The summed E-state index contributed by atoms with van der Waals surface area (Å²) in [6.07, 6.45) is -0.801.